The van der Waals surface area contributed by atoms with Gasteiger partial charge in [-0.2, -0.15) is 0 Å². The lowest BCUT2D eigenvalue weighted by atomic mass is 10.2. The fourth-order valence-corrected chi connectivity index (χ4v) is 4.35. The van der Waals surface area contributed by atoms with Gasteiger partial charge in [0.2, 0.25) is 4.83 Å². The Morgan fingerprint density at radius 1 is 1.20 bits per heavy atom. The number of thiophene rings is 1. The van der Waals surface area contributed by atoms with E-state index in [0.29, 0.717) is 0 Å². The van der Waals surface area contributed by atoms with Crippen LogP contribution >= 0.6 is 11.3 Å². The molecular weight excluding hydrogens is 268 g/mol. The molecule has 0 spiro atoms. The third-order valence-corrected chi connectivity index (χ3v) is 5.28. The SMILES string of the molecule is C[n+]1c2n(c3c4ccncc4sc31)Cc1cnccc1-2. The zero-order valence-electron chi connectivity index (χ0n) is 10.9. The van der Waals surface area contributed by atoms with Gasteiger partial charge in [-0.05, 0) is 12.1 Å². The first kappa shape index (κ1) is 10.5. The number of imidazole rings is 1. The van der Waals surface area contributed by atoms with Gasteiger partial charge in [-0.15, -0.1) is 0 Å². The van der Waals surface area contributed by atoms with Crippen molar-refractivity contribution < 1.29 is 4.57 Å². The summed E-state index contributed by atoms with van der Waals surface area (Å²) in [5.74, 6) is 1.28. The molecule has 5 heteroatoms. The van der Waals surface area contributed by atoms with E-state index in [9.17, 15) is 0 Å². The molecule has 4 aromatic heterocycles. The van der Waals surface area contributed by atoms with Crippen LogP contribution in [0.2, 0.25) is 0 Å². The minimum Gasteiger partial charge on any atom is -0.264 e. The fourth-order valence-electron chi connectivity index (χ4n) is 3.22. The minimum atomic E-state index is 0.907. The van der Waals surface area contributed by atoms with E-state index in [1.807, 2.05) is 36.1 Å². The van der Waals surface area contributed by atoms with Crippen molar-refractivity contribution in [3.8, 4) is 11.4 Å². The highest BCUT2D eigenvalue weighted by Gasteiger charge is 2.34. The molecule has 20 heavy (non-hydrogen) atoms. The highest BCUT2D eigenvalue weighted by Crippen LogP contribution is 2.39. The lowest BCUT2D eigenvalue weighted by Gasteiger charge is -1.93. The predicted octanol–water partition coefficient (Wildman–Crippen LogP) is 2.50. The number of aromatic nitrogens is 4. The van der Waals surface area contributed by atoms with Gasteiger partial charge in [-0.1, -0.05) is 11.3 Å². The minimum absolute atomic E-state index is 0.907. The van der Waals surface area contributed by atoms with E-state index < -0.39 is 0 Å². The standard InChI is InChI=1S/C15H11N4S/c1-18-14-10-2-4-16-6-9(10)8-19(14)13-11-3-5-17-7-12(11)20-15(13)18/h2-7H,8H2,1H3/q+1. The quantitative estimate of drug-likeness (QED) is 0.408. The molecule has 0 N–H and O–H groups in total. The van der Waals surface area contributed by atoms with Crippen molar-refractivity contribution in [3.05, 3.63) is 42.5 Å². The van der Waals surface area contributed by atoms with Gasteiger partial charge < -0.3 is 0 Å². The third-order valence-electron chi connectivity index (χ3n) is 4.07. The summed E-state index contributed by atoms with van der Waals surface area (Å²) < 4.78 is 5.95. The third kappa shape index (κ3) is 1.10. The molecule has 1 aliphatic heterocycles. The molecule has 0 fully saturated rings. The largest absolute Gasteiger partial charge is 0.291 e. The number of pyridine rings is 2. The Balaban J connectivity index is 1.99. The molecule has 5 heterocycles. The second-order valence-electron chi connectivity index (χ2n) is 5.13. The molecule has 1 aliphatic rings. The maximum atomic E-state index is 4.25. The van der Waals surface area contributed by atoms with E-state index in [2.05, 4.69) is 38.3 Å². The van der Waals surface area contributed by atoms with Gasteiger partial charge in [0.1, 0.15) is 6.54 Å². The maximum Gasteiger partial charge on any atom is 0.291 e. The average molecular weight is 279 g/mol. The highest BCUT2D eigenvalue weighted by molar-refractivity contribution is 7.25. The van der Waals surface area contributed by atoms with Gasteiger partial charge in [0, 0.05) is 35.7 Å². The maximum absolute atomic E-state index is 4.25. The van der Waals surface area contributed by atoms with E-state index in [-0.39, 0.29) is 0 Å². The zero-order chi connectivity index (χ0) is 13.3. The summed E-state index contributed by atoms with van der Waals surface area (Å²) in [6.45, 7) is 0.907. The lowest BCUT2D eigenvalue weighted by molar-refractivity contribution is -0.631. The lowest BCUT2D eigenvalue weighted by Crippen LogP contribution is -2.28. The molecule has 0 unspecified atom stereocenters. The molecule has 0 atom stereocenters. The Hall–Kier alpha value is -2.27. The molecule has 0 aromatic carbocycles. The summed E-state index contributed by atoms with van der Waals surface area (Å²) in [7, 11) is 2.15. The van der Waals surface area contributed by atoms with Crippen LogP contribution in [0.4, 0.5) is 0 Å². The number of hydrogen-bond donors (Lipinski definition) is 0. The predicted molar refractivity (Wildman–Crippen MR) is 78.6 cm³/mol. The first-order chi connectivity index (χ1) is 9.84. The van der Waals surface area contributed by atoms with Crippen molar-refractivity contribution in [2.24, 2.45) is 7.05 Å². The molecule has 96 valence electrons. The number of aryl methyl sites for hydroxylation is 1. The van der Waals surface area contributed by atoms with Gasteiger partial charge in [0.25, 0.3) is 5.82 Å². The van der Waals surface area contributed by atoms with Crippen LogP contribution in [0.15, 0.2) is 36.9 Å². The van der Waals surface area contributed by atoms with Crippen molar-refractivity contribution in [2.45, 2.75) is 6.54 Å². The van der Waals surface area contributed by atoms with E-state index in [1.54, 1.807) is 0 Å². The highest BCUT2D eigenvalue weighted by atomic mass is 32.1. The van der Waals surface area contributed by atoms with Gasteiger partial charge in [0.15, 0.2) is 5.52 Å². The Bertz CT molecular complexity index is 996. The topological polar surface area (TPSA) is 34.6 Å². The number of nitrogens with zero attached hydrogens (tertiary/aromatic N) is 4. The molecule has 0 amide bonds. The van der Waals surface area contributed by atoms with Crippen LogP contribution in [0.1, 0.15) is 5.56 Å². The Kier molecular flexibility index (Phi) is 1.80. The Morgan fingerprint density at radius 3 is 3.00 bits per heavy atom. The molecule has 0 radical (unpaired) electrons. The first-order valence-electron chi connectivity index (χ1n) is 6.52. The van der Waals surface area contributed by atoms with Crippen LogP contribution in [0.3, 0.4) is 0 Å². The van der Waals surface area contributed by atoms with Crippen LogP contribution in [-0.2, 0) is 13.6 Å². The summed E-state index contributed by atoms with van der Waals surface area (Å²) in [6, 6.07) is 4.23. The van der Waals surface area contributed by atoms with Gasteiger partial charge >= 0.3 is 0 Å². The molecule has 5 rings (SSSR count). The Morgan fingerprint density at radius 2 is 2.05 bits per heavy atom. The van der Waals surface area contributed by atoms with E-state index in [1.165, 1.54) is 37.4 Å². The smallest absolute Gasteiger partial charge is 0.264 e. The zero-order valence-corrected chi connectivity index (χ0v) is 11.7. The first-order valence-corrected chi connectivity index (χ1v) is 7.34. The van der Waals surface area contributed by atoms with Crippen LogP contribution in [0.5, 0.6) is 0 Å². The van der Waals surface area contributed by atoms with Crippen LogP contribution in [0.25, 0.3) is 31.8 Å². The second kappa shape index (κ2) is 3.43. The van der Waals surface area contributed by atoms with E-state index >= 15 is 0 Å². The molecule has 4 aromatic rings. The number of rotatable bonds is 0. The summed E-state index contributed by atoms with van der Waals surface area (Å²) >= 11 is 1.81. The van der Waals surface area contributed by atoms with Crippen molar-refractivity contribution in [1.29, 1.82) is 0 Å². The molecule has 0 saturated heterocycles. The number of fused-ring (bicyclic) bond motifs is 7. The van der Waals surface area contributed by atoms with Gasteiger partial charge in [0.05, 0.1) is 17.3 Å². The average Bonchev–Trinajstić information content (AvgIpc) is 3.10. The van der Waals surface area contributed by atoms with Gasteiger partial charge in [-0.25, -0.2) is 9.13 Å². The molecule has 0 bridgehead atoms. The van der Waals surface area contributed by atoms with Crippen molar-refractivity contribution in [2.75, 3.05) is 0 Å². The normalized spacial score (nSPS) is 13.1. The van der Waals surface area contributed by atoms with Crippen molar-refractivity contribution in [3.63, 3.8) is 0 Å². The fraction of sp³-hybridized carbons (Fsp3) is 0.133. The molecule has 4 nitrogen and oxygen atoms in total. The van der Waals surface area contributed by atoms with Crippen molar-refractivity contribution in [1.82, 2.24) is 14.5 Å². The summed E-state index contributed by atoms with van der Waals surface area (Å²) in [5.41, 5.74) is 3.92. The van der Waals surface area contributed by atoms with Crippen LogP contribution in [0, 0.1) is 0 Å². The van der Waals surface area contributed by atoms with Gasteiger partial charge in [-0.3, -0.25) is 9.97 Å². The Labute approximate surface area is 119 Å². The molecular formula is C15H11N4S+. The monoisotopic (exact) mass is 279 g/mol. The summed E-state index contributed by atoms with van der Waals surface area (Å²) in [4.78, 5) is 9.79. The molecule has 0 saturated carbocycles. The van der Waals surface area contributed by atoms with Crippen LogP contribution < -0.4 is 4.57 Å². The second-order valence-corrected chi connectivity index (χ2v) is 6.16. The van der Waals surface area contributed by atoms with Crippen molar-refractivity contribution >= 4 is 31.8 Å². The summed E-state index contributed by atoms with van der Waals surface area (Å²) in [5, 5.41) is 1.29. The summed E-state index contributed by atoms with van der Waals surface area (Å²) in [6.07, 6.45) is 7.68. The van der Waals surface area contributed by atoms with E-state index in [0.717, 1.165) is 6.54 Å². The number of hydrogen-bond acceptors (Lipinski definition) is 3. The van der Waals surface area contributed by atoms with Crippen LogP contribution in [-0.4, -0.2) is 14.5 Å². The molecule has 0 aliphatic carbocycles. The van der Waals surface area contributed by atoms with E-state index in [4.69, 9.17) is 0 Å².